The van der Waals surface area contributed by atoms with Crippen molar-refractivity contribution < 1.29 is 14.3 Å². The predicted octanol–water partition coefficient (Wildman–Crippen LogP) is 4.84. The third-order valence-electron chi connectivity index (χ3n) is 4.02. The van der Waals surface area contributed by atoms with Gasteiger partial charge in [-0.15, -0.1) is 0 Å². The standard InChI is InChI=1S/C21H19ClN2O3S/c1-12-7-13(2)9-14(8-12)20(26)24-21(28)23-15-3-5-17(18(22)10-15)19-6-4-16(11-25)27-19/h3-10,25H,11H2,1-2H3,(H2,23,24,26,28). The second-order valence-electron chi connectivity index (χ2n) is 6.40. The van der Waals surface area contributed by atoms with Crippen LogP contribution in [-0.4, -0.2) is 16.1 Å². The normalized spacial score (nSPS) is 10.6. The molecule has 144 valence electrons. The molecule has 7 heteroatoms. The average Bonchev–Trinajstić information content (AvgIpc) is 3.09. The first-order valence-electron chi connectivity index (χ1n) is 8.56. The fourth-order valence-electron chi connectivity index (χ4n) is 2.84. The Bertz CT molecular complexity index is 1030. The van der Waals surface area contributed by atoms with E-state index in [9.17, 15) is 4.79 Å². The summed E-state index contributed by atoms with van der Waals surface area (Å²) in [4.78, 5) is 12.4. The Morgan fingerprint density at radius 2 is 1.82 bits per heavy atom. The zero-order chi connectivity index (χ0) is 20.3. The third kappa shape index (κ3) is 4.78. The van der Waals surface area contributed by atoms with E-state index in [1.807, 2.05) is 19.9 Å². The van der Waals surface area contributed by atoms with Crippen molar-refractivity contribution in [3.8, 4) is 11.3 Å². The molecule has 1 aromatic heterocycles. The molecular formula is C21H19ClN2O3S. The van der Waals surface area contributed by atoms with Crippen molar-refractivity contribution in [2.75, 3.05) is 5.32 Å². The van der Waals surface area contributed by atoms with Gasteiger partial charge in [-0.3, -0.25) is 10.1 Å². The minimum Gasteiger partial charge on any atom is -0.459 e. The highest BCUT2D eigenvalue weighted by molar-refractivity contribution is 7.80. The maximum atomic E-state index is 12.4. The largest absolute Gasteiger partial charge is 0.459 e. The van der Waals surface area contributed by atoms with Crippen molar-refractivity contribution in [3.63, 3.8) is 0 Å². The van der Waals surface area contributed by atoms with E-state index >= 15 is 0 Å². The van der Waals surface area contributed by atoms with E-state index in [1.54, 1.807) is 42.5 Å². The van der Waals surface area contributed by atoms with Gasteiger partial charge in [0.2, 0.25) is 0 Å². The molecule has 0 aliphatic heterocycles. The van der Waals surface area contributed by atoms with Crippen LogP contribution in [0.3, 0.4) is 0 Å². The molecule has 3 N–H and O–H groups in total. The Morgan fingerprint density at radius 1 is 1.11 bits per heavy atom. The predicted molar refractivity (Wildman–Crippen MR) is 115 cm³/mol. The zero-order valence-corrected chi connectivity index (χ0v) is 16.9. The molecule has 3 rings (SSSR count). The van der Waals surface area contributed by atoms with Gasteiger partial charge in [0.25, 0.3) is 5.91 Å². The van der Waals surface area contributed by atoms with Gasteiger partial charge in [-0.05, 0) is 68.5 Å². The van der Waals surface area contributed by atoms with Crippen molar-refractivity contribution in [3.05, 3.63) is 76.0 Å². The Balaban J connectivity index is 1.68. The molecule has 5 nitrogen and oxygen atoms in total. The van der Waals surface area contributed by atoms with E-state index in [-0.39, 0.29) is 17.6 Å². The van der Waals surface area contributed by atoms with E-state index in [2.05, 4.69) is 10.6 Å². The molecule has 28 heavy (non-hydrogen) atoms. The van der Waals surface area contributed by atoms with E-state index in [0.717, 1.165) is 11.1 Å². The smallest absolute Gasteiger partial charge is 0.257 e. The second-order valence-corrected chi connectivity index (χ2v) is 7.22. The quantitative estimate of drug-likeness (QED) is 0.533. The van der Waals surface area contributed by atoms with E-state index in [4.69, 9.17) is 33.3 Å². The van der Waals surface area contributed by atoms with Crippen LogP contribution in [0.25, 0.3) is 11.3 Å². The molecule has 3 aromatic rings. The molecule has 0 saturated carbocycles. The number of carbonyl (C=O) groups excluding carboxylic acids is 1. The summed E-state index contributed by atoms with van der Waals surface area (Å²) in [5, 5.41) is 15.4. The molecule has 1 heterocycles. The summed E-state index contributed by atoms with van der Waals surface area (Å²) in [7, 11) is 0. The van der Waals surface area contributed by atoms with Crippen LogP contribution in [0.5, 0.6) is 0 Å². The number of amides is 1. The highest BCUT2D eigenvalue weighted by atomic mass is 35.5. The number of aryl methyl sites for hydroxylation is 2. The average molecular weight is 415 g/mol. The molecule has 1 amide bonds. The van der Waals surface area contributed by atoms with Gasteiger partial charge in [-0.1, -0.05) is 28.8 Å². The van der Waals surface area contributed by atoms with Crippen LogP contribution in [-0.2, 0) is 6.61 Å². The van der Waals surface area contributed by atoms with Gasteiger partial charge in [0.1, 0.15) is 18.1 Å². The number of halogens is 1. The van der Waals surface area contributed by atoms with Gasteiger partial charge in [0.15, 0.2) is 5.11 Å². The van der Waals surface area contributed by atoms with E-state index in [1.165, 1.54) is 0 Å². The highest BCUT2D eigenvalue weighted by Crippen LogP contribution is 2.31. The summed E-state index contributed by atoms with van der Waals surface area (Å²) in [5.74, 6) is 0.744. The van der Waals surface area contributed by atoms with E-state index in [0.29, 0.717) is 33.4 Å². The molecule has 2 aromatic carbocycles. The maximum Gasteiger partial charge on any atom is 0.257 e. The fourth-order valence-corrected chi connectivity index (χ4v) is 3.33. The maximum absolute atomic E-state index is 12.4. The van der Waals surface area contributed by atoms with Gasteiger partial charge in [0, 0.05) is 16.8 Å². The number of thiocarbonyl (C=S) groups is 1. The number of benzene rings is 2. The van der Waals surface area contributed by atoms with E-state index < -0.39 is 0 Å². The lowest BCUT2D eigenvalue weighted by Crippen LogP contribution is -2.34. The SMILES string of the molecule is Cc1cc(C)cc(C(=O)NC(=S)Nc2ccc(-c3ccc(CO)o3)c(Cl)c2)c1. The fraction of sp³-hybridized carbons (Fsp3) is 0.143. The number of aliphatic hydroxyl groups excluding tert-OH is 1. The first-order valence-corrected chi connectivity index (χ1v) is 9.34. The van der Waals surface area contributed by atoms with Crippen molar-refractivity contribution in [1.82, 2.24) is 5.32 Å². The number of carbonyl (C=O) groups is 1. The van der Waals surface area contributed by atoms with Crippen LogP contribution in [0, 0.1) is 13.8 Å². The monoisotopic (exact) mass is 414 g/mol. The minimum absolute atomic E-state index is 0.175. The lowest BCUT2D eigenvalue weighted by atomic mass is 10.1. The number of hydrogen-bond donors (Lipinski definition) is 3. The summed E-state index contributed by atoms with van der Waals surface area (Å²) in [5.41, 5.74) is 3.89. The molecule has 0 spiro atoms. The number of nitrogens with one attached hydrogen (secondary N) is 2. The lowest BCUT2D eigenvalue weighted by Gasteiger charge is -2.11. The van der Waals surface area contributed by atoms with Crippen molar-refractivity contribution >= 4 is 40.5 Å². The Labute approximate surface area is 173 Å². The molecule has 0 aliphatic carbocycles. The van der Waals surface area contributed by atoms with Gasteiger partial charge >= 0.3 is 0 Å². The summed E-state index contributed by atoms with van der Waals surface area (Å²) in [6, 6.07) is 14.3. The number of hydrogen-bond acceptors (Lipinski definition) is 4. The zero-order valence-electron chi connectivity index (χ0n) is 15.4. The Hall–Kier alpha value is -2.67. The van der Waals surface area contributed by atoms with Crippen molar-refractivity contribution in [1.29, 1.82) is 0 Å². The summed E-state index contributed by atoms with van der Waals surface area (Å²) in [6.45, 7) is 3.70. The topological polar surface area (TPSA) is 74.5 Å². The van der Waals surface area contributed by atoms with Crippen LogP contribution >= 0.6 is 23.8 Å². The molecule has 0 unspecified atom stereocenters. The lowest BCUT2D eigenvalue weighted by molar-refractivity contribution is 0.0977. The minimum atomic E-state index is -0.279. The molecule has 0 saturated heterocycles. The van der Waals surface area contributed by atoms with Crippen LogP contribution in [0.2, 0.25) is 5.02 Å². The first kappa shape index (κ1) is 20.1. The van der Waals surface area contributed by atoms with Crippen LogP contribution in [0.15, 0.2) is 52.9 Å². The summed E-state index contributed by atoms with van der Waals surface area (Å²) >= 11 is 11.6. The van der Waals surface area contributed by atoms with Crippen LogP contribution < -0.4 is 10.6 Å². The van der Waals surface area contributed by atoms with Gasteiger partial charge in [-0.25, -0.2) is 0 Å². The van der Waals surface area contributed by atoms with Gasteiger partial charge in [0.05, 0.1) is 5.02 Å². The number of aliphatic hydroxyl groups is 1. The Kier molecular flexibility index (Phi) is 6.14. The molecule has 0 bridgehead atoms. The second kappa shape index (κ2) is 8.56. The highest BCUT2D eigenvalue weighted by Gasteiger charge is 2.12. The number of anilines is 1. The molecule has 0 aliphatic rings. The van der Waals surface area contributed by atoms with Crippen LogP contribution in [0.4, 0.5) is 5.69 Å². The molecule has 0 atom stereocenters. The van der Waals surface area contributed by atoms with Crippen molar-refractivity contribution in [2.24, 2.45) is 0 Å². The van der Waals surface area contributed by atoms with Crippen LogP contribution in [0.1, 0.15) is 27.2 Å². The molecule has 0 radical (unpaired) electrons. The Morgan fingerprint density at radius 3 is 2.43 bits per heavy atom. The van der Waals surface area contributed by atoms with Gasteiger partial charge in [-0.2, -0.15) is 0 Å². The molecule has 0 fully saturated rings. The number of furan rings is 1. The summed E-state index contributed by atoms with van der Waals surface area (Å²) < 4.78 is 5.50. The van der Waals surface area contributed by atoms with Crippen molar-refractivity contribution in [2.45, 2.75) is 20.5 Å². The summed E-state index contributed by atoms with van der Waals surface area (Å²) in [6.07, 6.45) is 0. The first-order chi connectivity index (χ1) is 13.4. The third-order valence-corrected chi connectivity index (χ3v) is 4.54. The number of rotatable bonds is 4. The van der Waals surface area contributed by atoms with Gasteiger partial charge < -0.3 is 14.8 Å². The molecular weight excluding hydrogens is 396 g/mol.